The first kappa shape index (κ1) is 18.4. The van der Waals surface area contributed by atoms with Gasteiger partial charge in [-0.05, 0) is 31.2 Å². The van der Waals surface area contributed by atoms with E-state index in [1.807, 2.05) is 0 Å². The minimum atomic E-state index is -0.234. The highest BCUT2D eigenvalue weighted by Gasteiger charge is 2.17. The van der Waals surface area contributed by atoms with Gasteiger partial charge in [0, 0.05) is 19.6 Å². The summed E-state index contributed by atoms with van der Waals surface area (Å²) >= 11 is 0. The molecule has 0 aliphatic heterocycles. The van der Waals surface area contributed by atoms with Crippen molar-refractivity contribution < 1.29 is 4.79 Å². The Kier molecular flexibility index (Phi) is 9.88. The highest BCUT2D eigenvalue weighted by molar-refractivity contribution is 5.79. The van der Waals surface area contributed by atoms with Gasteiger partial charge in [-0.25, -0.2) is 0 Å². The lowest BCUT2D eigenvalue weighted by Gasteiger charge is -2.27. The van der Waals surface area contributed by atoms with Crippen LogP contribution in [0.5, 0.6) is 0 Å². The molecule has 0 saturated carbocycles. The van der Waals surface area contributed by atoms with E-state index in [1.54, 1.807) is 0 Å². The Labute approximate surface area is 119 Å². The van der Waals surface area contributed by atoms with E-state index in [-0.39, 0.29) is 11.9 Å². The van der Waals surface area contributed by atoms with Gasteiger partial charge in [0.1, 0.15) is 0 Å². The van der Waals surface area contributed by atoms with Crippen LogP contribution in [0.15, 0.2) is 0 Å². The third kappa shape index (κ3) is 9.91. The zero-order valence-electron chi connectivity index (χ0n) is 13.4. The molecule has 0 radical (unpaired) electrons. The number of primary amides is 1. The third-order valence-electron chi connectivity index (χ3n) is 2.96. The van der Waals surface area contributed by atoms with Crippen LogP contribution in [0.25, 0.3) is 0 Å². The summed E-state index contributed by atoms with van der Waals surface area (Å²) in [5.41, 5.74) is 5.45. The van der Waals surface area contributed by atoms with Gasteiger partial charge in [0.2, 0.25) is 5.91 Å². The Hall–Kier alpha value is -0.610. The standard InChI is InChI=1S/C15H33N3O/c1-6-8-17-14(15(16)19)7-9-18(10-12(2)3)11-13(4)5/h12-14,17H,6-11H2,1-5H3,(H2,16,19). The molecule has 114 valence electrons. The number of hydrogen-bond donors (Lipinski definition) is 2. The summed E-state index contributed by atoms with van der Waals surface area (Å²) in [6.07, 6.45) is 1.82. The predicted molar refractivity (Wildman–Crippen MR) is 82.0 cm³/mol. The molecule has 1 amide bonds. The molecule has 1 atom stereocenters. The van der Waals surface area contributed by atoms with E-state index in [2.05, 4.69) is 44.8 Å². The summed E-state index contributed by atoms with van der Waals surface area (Å²) in [6.45, 7) is 15.0. The summed E-state index contributed by atoms with van der Waals surface area (Å²) < 4.78 is 0. The van der Waals surface area contributed by atoms with E-state index in [9.17, 15) is 4.79 Å². The Morgan fingerprint density at radius 1 is 1.16 bits per heavy atom. The average Bonchev–Trinajstić information content (AvgIpc) is 2.26. The van der Waals surface area contributed by atoms with Crippen molar-refractivity contribution in [1.29, 1.82) is 0 Å². The average molecular weight is 271 g/mol. The number of hydrogen-bond acceptors (Lipinski definition) is 3. The highest BCUT2D eigenvalue weighted by atomic mass is 16.1. The second-order valence-corrected chi connectivity index (χ2v) is 6.25. The van der Waals surface area contributed by atoms with Crippen LogP contribution in [0.2, 0.25) is 0 Å². The van der Waals surface area contributed by atoms with Crippen molar-refractivity contribution in [2.24, 2.45) is 17.6 Å². The summed E-state index contributed by atoms with van der Waals surface area (Å²) in [7, 11) is 0. The van der Waals surface area contributed by atoms with Gasteiger partial charge in [-0.15, -0.1) is 0 Å². The fraction of sp³-hybridized carbons (Fsp3) is 0.933. The molecule has 0 aromatic heterocycles. The number of nitrogens with zero attached hydrogens (tertiary/aromatic N) is 1. The van der Waals surface area contributed by atoms with Crippen LogP contribution in [-0.2, 0) is 4.79 Å². The fourth-order valence-electron chi connectivity index (χ4n) is 2.27. The summed E-state index contributed by atoms with van der Waals surface area (Å²) in [4.78, 5) is 13.8. The minimum Gasteiger partial charge on any atom is -0.368 e. The largest absolute Gasteiger partial charge is 0.368 e. The van der Waals surface area contributed by atoms with Gasteiger partial charge in [0.15, 0.2) is 0 Å². The second-order valence-electron chi connectivity index (χ2n) is 6.25. The first-order valence-corrected chi connectivity index (χ1v) is 7.61. The first-order chi connectivity index (χ1) is 8.86. The molecular formula is C15H33N3O. The molecular weight excluding hydrogens is 238 g/mol. The van der Waals surface area contributed by atoms with E-state index in [1.165, 1.54) is 0 Å². The number of amides is 1. The van der Waals surface area contributed by atoms with Gasteiger partial charge in [-0.2, -0.15) is 0 Å². The maximum absolute atomic E-state index is 11.4. The van der Waals surface area contributed by atoms with Gasteiger partial charge in [-0.1, -0.05) is 34.6 Å². The van der Waals surface area contributed by atoms with Crippen LogP contribution < -0.4 is 11.1 Å². The van der Waals surface area contributed by atoms with Gasteiger partial charge < -0.3 is 16.0 Å². The Morgan fingerprint density at radius 2 is 1.68 bits per heavy atom. The smallest absolute Gasteiger partial charge is 0.234 e. The van der Waals surface area contributed by atoms with E-state index >= 15 is 0 Å². The third-order valence-corrected chi connectivity index (χ3v) is 2.96. The molecule has 0 saturated heterocycles. The van der Waals surface area contributed by atoms with Gasteiger partial charge >= 0.3 is 0 Å². The molecule has 0 aliphatic carbocycles. The van der Waals surface area contributed by atoms with Crippen molar-refractivity contribution in [3.63, 3.8) is 0 Å². The quantitative estimate of drug-likeness (QED) is 0.603. The van der Waals surface area contributed by atoms with Crippen molar-refractivity contribution in [2.45, 2.75) is 53.5 Å². The molecule has 0 rings (SSSR count). The molecule has 1 unspecified atom stereocenters. The monoisotopic (exact) mass is 271 g/mol. The SMILES string of the molecule is CCCNC(CCN(CC(C)C)CC(C)C)C(N)=O. The van der Waals surface area contributed by atoms with Crippen molar-refractivity contribution in [3.05, 3.63) is 0 Å². The molecule has 0 fully saturated rings. The molecule has 0 aromatic carbocycles. The molecule has 19 heavy (non-hydrogen) atoms. The predicted octanol–water partition coefficient (Wildman–Crippen LogP) is 1.84. The first-order valence-electron chi connectivity index (χ1n) is 7.61. The lowest BCUT2D eigenvalue weighted by atomic mass is 10.1. The summed E-state index contributed by atoms with van der Waals surface area (Å²) in [5.74, 6) is 1.06. The van der Waals surface area contributed by atoms with Crippen LogP contribution in [0, 0.1) is 11.8 Å². The fourth-order valence-corrected chi connectivity index (χ4v) is 2.27. The zero-order chi connectivity index (χ0) is 14.8. The van der Waals surface area contributed by atoms with Gasteiger partial charge in [0.25, 0.3) is 0 Å². The van der Waals surface area contributed by atoms with E-state index in [0.29, 0.717) is 11.8 Å². The molecule has 0 heterocycles. The summed E-state index contributed by atoms with van der Waals surface area (Å²) in [5, 5.41) is 3.23. The molecule has 0 aliphatic rings. The lowest BCUT2D eigenvalue weighted by molar-refractivity contribution is -0.120. The van der Waals surface area contributed by atoms with E-state index in [0.717, 1.165) is 39.0 Å². The Bertz CT molecular complexity index is 232. The number of nitrogens with two attached hydrogens (primary N) is 1. The van der Waals surface area contributed by atoms with E-state index < -0.39 is 0 Å². The number of rotatable bonds is 11. The summed E-state index contributed by atoms with van der Waals surface area (Å²) in [6, 6.07) is -0.193. The van der Waals surface area contributed by atoms with Gasteiger partial charge in [0.05, 0.1) is 6.04 Å². The number of carbonyl (C=O) groups excluding carboxylic acids is 1. The van der Waals surface area contributed by atoms with Crippen molar-refractivity contribution >= 4 is 5.91 Å². The Balaban J connectivity index is 4.27. The molecule has 0 bridgehead atoms. The van der Waals surface area contributed by atoms with Crippen LogP contribution in [0.3, 0.4) is 0 Å². The normalized spacial score (nSPS) is 13.5. The zero-order valence-corrected chi connectivity index (χ0v) is 13.4. The Morgan fingerprint density at radius 3 is 2.05 bits per heavy atom. The second kappa shape index (κ2) is 10.2. The van der Waals surface area contributed by atoms with Crippen molar-refractivity contribution in [3.8, 4) is 0 Å². The highest BCUT2D eigenvalue weighted by Crippen LogP contribution is 2.06. The lowest BCUT2D eigenvalue weighted by Crippen LogP contribution is -2.44. The number of nitrogens with one attached hydrogen (secondary N) is 1. The minimum absolute atomic E-state index is 0.193. The van der Waals surface area contributed by atoms with Crippen LogP contribution >= 0.6 is 0 Å². The molecule has 3 N–H and O–H groups in total. The maximum Gasteiger partial charge on any atom is 0.234 e. The van der Waals surface area contributed by atoms with Crippen molar-refractivity contribution in [1.82, 2.24) is 10.2 Å². The molecule has 4 nitrogen and oxygen atoms in total. The van der Waals surface area contributed by atoms with Crippen LogP contribution in [-0.4, -0.2) is 43.0 Å². The molecule has 0 spiro atoms. The maximum atomic E-state index is 11.4. The number of carbonyl (C=O) groups is 1. The van der Waals surface area contributed by atoms with Crippen LogP contribution in [0.4, 0.5) is 0 Å². The van der Waals surface area contributed by atoms with Crippen LogP contribution in [0.1, 0.15) is 47.5 Å². The molecule has 0 aromatic rings. The van der Waals surface area contributed by atoms with Crippen molar-refractivity contribution in [2.75, 3.05) is 26.2 Å². The van der Waals surface area contributed by atoms with E-state index in [4.69, 9.17) is 5.73 Å². The topological polar surface area (TPSA) is 58.4 Å². The van der Waals surface area contributed by atoms with Gasteiger partial charge in [-0.3, -0.25) is 4.79 Å². The molecule has 4 heteroatoms.